The summed E-state index contributed by atoms with van der Waals surface area (Å²) in [5.41, 5.74) is 2.19. The average molecular weight is 451 g/mol. The second-order valence-corrected chi connectivity index (χ2v) is 10.6. The lowest BCUT2D eigenvalue weighted by Gasteiger charge is -2.31. The molecule has 1 N–H and O–H groups in total. The number of carbonyl (C=O) groups is 1. The summed E-state index contributed by atoms with van der Waals surface area (Å²) in [7, 11) is -3.36. The second kappa shape index (κ2) is 10.3. The molecule has 32 heavy (non-hydrogen) atoms. The largest absolute Gasteiger partial charge is 0.352 e. The normalized spacial score (nSPS) is 17.3. The van der Waals surface area contributed by atoms with Gasteiger partial charge in [-0.1, -0.05) is 66.7 Å². The highest BCUT2D eigenvalue weighted by molar-refractivity contribution is 7.89. The van der Waals surface area contributed by atoms with Crippen LogP contribution >= 0.6 is 0 Å². The van der Waals surface area contributed by atoms with E-state index in [1.165, 1.54) is 9.69 Å². The number of hydrogen-bond acceptors (Lipinski definition) is 3. The number of fused-ring (bicyclic) bond motifs is 1. The summed E-state index contributed by atoms with van der Waals surface area (Å²) in [6.07, 6.45) is 2.76. The molecule has 1 aliphatic rings. The molecule has 0 spiro atoms. The maximum Gasteiger partial charge on any atom is 0.224 e. The van der Waals surface area contributed by atoms with Gasteiger partial charge in [-0.05, 0) is 53.6 Å². The highest BCUT2D eigenvalue weighted by Gasteiger charge is 2.31. The number of benzene rings is 3. The Balaban J connectivity index is 1.29. The summed E-state index contributed by atoms with van der Waals surface area (Å²) in [5.74, 6) is -0.247. The lowest BCUT2D eigenvalue weighted by atomic mass is 9.98. The Morgan fingerprint density at radius 3 is 2.50 bits per heavy atom. The van der Waals surface area contributed by atoms with Gasteiger partial charge in [0.1, 0.15) is 0 Å². The van der Waals surface area contributed by atoms with E-state index < -0.39 is 10.0 Å². The molecule has 1 unspecified atom stereocenters. The van der Waals surface area contributed by atoms with E-state index in [-0.39, 0.29) is 24.1 Å². The van der Waals surface area contributed by atoms with Crippen LogP contribution in [0, 0.1) is 5.92 Å². The first-order chi connectivity index (χ1) is 15.5. The lowest BCUT2D eigenvalue weighted by Crippen LogP contribution is -2.46. The van der Waals surface area contributed by atoms with Crippen LogP contribution < -0.4 is 5.32 Å². The first kappa shape index (κ1) is 22.5. The molecule has 1 heterocycles. The molecular formula is C26H30N2O3S. The standard InChI is InChI=1S/C26H30N2O3S/c29-26(27-19-22-14-15-23-11-4-5-12-24(23)18-22)25-13-6-16-28(20-25)32(30,31)17-7-10-21-8-2-1-3-9-21/h1-5,8-9,11-12,14-15,18,25H,6-7,10,13,16-17,19-20H2,(H,27,29). The quantitative estimate of drug-likeness (QED) is 0.561. The van der Waals surface area contributed by atoms with Crippen LogP contribution in [0.15, 0.2) is 72.8 Å². The highest BCUT2D eigenvalue weighted by atomic mass is 32.2. The molecule has 0 bridgehead atoms. The SMILES string of the molecule is O=C(NCc1ccc2ccccc2c1)C1CCCN(S(=O)(=O)CCCc2ccccc2)C1. The first-order valence-electron chi connectivity index (χ1n) is 11.3. The molecule has 6 heteroatoms. The van der Waals surface area contributed by atoms with Gasteiger partial charge in [0.05, 0.1) is 11.7 Å². The molecule has 3 aromatic rings. The molecule has 1 aliphatic heterocycles. The van der Waals surface area contributed by atoms with Crippen LogP contribution in [-0.4, -0.2) is 37.5 Å². The summed E-state index contributed by atoms with van der Waals surface area (Å²) in [5, 5.41) is 5.32. The lowest BCUT2D eigenvalue weighted by molar-refractivity contribution is -0.126. The van der Waals surface area contributed by atoms with Gasteiger partial charge in [0.15, 0.2) is 0 Å². The van der Waals surface area contributed by atoms with Gasteiger partial charge in [0, 0.05) is 19.6 Å². The van der Waals surface area contributed by atoms with Gasteiger partial charge >= 0.3 is 0 Å². The molecular weight excluding hydrogens is 420 g/mol. The first-order valence-corrected chi connectivity index (χ1v) is 12.9. The molecule has 1 saturated heterocycles. The molecule has 3 aromatic carbocycles. The maximum atomic E-state index is 12.8. The molecule has 5 nitrogen and oxygen atoms in total. The number of hydrogen-bond donors (Lipinski definition) is 1. The molecule has 0 aliphatic carbocycles. The minimum Gasteiger partial charge on any atom is -0.352 e. The summed E-state index contributed by atoms with van der Waals surface area (Å²) in [4.78, 5) is 12.8. The Morgan fingerprint density at radius 2 is 1.69 bits per heavy atom. The van der Waals surface area contributed by atoms with Crippen molar-refractivity contribution in [3.63, 3.8) is 0 Å². The van der Waals surface area contributed by atoms with Crippen molar-refractivity contribution in [3.8, 4) is 0 Å². The molecule has 1 amide bonds. The molecule has 168 valence electrons. The number of nitrogens with zero attached hydrogens (tertiary/aromatic N) is 1. The second-order valence-electron chi connectivity index (χ2n) is 8.50. The Morgan fingerprint density at radius 1 is 0.938 bits per heavy atom. The van der Waals surface area contributed by atoms with E-state index >= 15 is 0 Å². The van der Waals surface area contributed by atoms with Crippen LogP contribution in [0.25, 0.3) is 10.8 Å². The zero-order chi connectivity index (χ0) is 22.4. The number of rotatable bonds is 8. The van der Waals surface area contributed by atoms with Crippen molar-refractivity contribution in [1.29, 1.82) is 0 Å². The monoisotopic (exact) mass is 450 g/mol. The van der Waals surface area contributed by atoms with Gasteiger partial charge < -0.3 is 5.32 Å². The van der Waals surface area contributed by atoms with E-state index in [1.54, 1.807) is 0 Å². The van der Waals surface area contributed by atoms with Crippen LogP contribution in [0.5, 0.6) is 0 Å². The van der Waals surface area contributed by atoms with Gasteiger partial charge in [-0.3, -0.25) is 4.79 Å². The molecule has 0 aromatic heterocycles. The molecule has 1 fully saturated rings. The predicted molar refractivity (Wildman–Crippen MR) is 129 cm³/mol. The zero-order valence-electron chi connectivity index (χ0n) is 18.2. The Labute approximate surface area is 190 Å². The minimum absolute atomic E-state index is 0.0673. The van der Waals surface area contributed by atoms with Crippen LogP contribution in [0.3, 0.4) is 0 Å². The van der Waals surface area contributed by atoms with Crippen molar-refractivity contribution in [3.05, 3.63) is 83.9 Å². The van der Waals surface area contributed by atoms with E-state index in [2.05, 4.69) is 29.6 Å². The van der Waals surface area contributed by atoms with Crippen LogP contribution in [0.2, 0.25) is 0 Å². The number of amides is 1. The fraction of sp³-hybridized carbons (Fsp3) is 0.346. The predicted octanol–water partition coefficient (Wildman–Crippen LogP) is 4.13. The minimum atomic E-state index is -3.36. The topological polar surface area (TPSA) is 66.5 Å². The number of aryl methyl sites for hydroxylation is 1. The van der Waals surface area contributed by atoms with Gasteiger partial charge in [0.2, 0.25) is 15.9 Å². The van der Waals surface area contributed by atoms with Gasteiger partial charge in [-0.15, -0.1) is 0 Å². The van der Waals surface area contributed by atoms with E-state index in [9.17, 15) is 13.2 Å². The summed E-state index contributed by atoms with van der Waals surface area (Å²) in [6, 6.07) is 24.2. The van der Waals surface area contributed by atoms with Crippen LogP contribution in [0.4, 0.5) is 0 Å². The van der Waals surface area contributed by atoms with E-state index in [4.69, 9.17) is 0 Å². The number of nitrogens with one attached hydrogen (secondary N) is 1. The van der Waals surface area contributed by atoms with Crippen molar-refractivity contribution >= 4 is 26.7 Å². The Bertz CT molecular complexity index is 1160. The third-order valence-electron chi connectivity index (χ3n) is 6.14. The van der Waals surface area contributed by atoms with Crippen molar-refractivity contribution in [2.24, 2.45) is 5.92 Å². The highest BCUT2D eigenvalue weighted by Crippen LogP contribution is 2.21. The number of piperidine rings is 1. The Hall–Kier alpha value is -2.70. The van der Waals surface area contributed by atoms with E-state index in [0.717, 1.165) is 29.4 Å². The Kier molecular flexibility index (Phi) is 7.22. The van der Waals surface area contributed by atoms with E-state index in [1.807, 2.05) is 48.5 Å². The third kappa shape index (κ3) is 5.75. The van der Waals surface area contributed by atoms with Crippen LogP contribution in [-0.2, 0) is 27.8 Å². The molecule has 4 rings (SSSR count). The molecule has 0 radical (unpaired) electrons. The van der Waals surface area contributed by atoms with Gasteiger partial charge in [0.25, 0.3) is 0 Å². The summed E-state index contributed by atoms with van der Waals surface area (Å²) < 4.78 is 27.2. The number of carbonyl (C=O) groups excluding carboxylic acids is 1. The third-order valence-corrected chi connectivity index (χ3v) is 8.06. The van der Waals surface area contributed by atoms with Gasteiger partial charge in [-0.2, -0.15) is 0 Å². The molecule has 0 saturated carbocycles. The molecule has 1 atom stereocenters. The van der Waals surface area contributed by atoms with Crippen molar-refractivity contribution in [2.45, 2.75) is 32.2 Å². The van der Waals surface area contributed by atoms with Crippen LogP contribution in [0.1, 0.15) is 30.4 Å². The number of sulfonamides is 1. The van der Waals surface area contributed by atoms with Gasteiger partial charge in [-0.25, -0.2) is 12.7 Å². The van der Waals surface area contributed by atoms with Crippen molar-refractivity contribution in [1.82, 2.24) is 9.62 Å². The summed E-state index contributed by atoms with van der Waals surface area (Å²) >= 11 is 0. The average Bonchev–Trinajstić information content (AvgIpc) is 2.83. The van der Waals surface area contributed by atoms with E-state index in [0.29, 0.717) is 25.9 Å². The van der Waals surface area contributed by atoms with Crippen molar-refractivity contribution < 1.29 is 13.2 Å². The fourth-order valence-corrected chi connectivity index (χ4v) is 5.91. The summed E-state index contributed by atoms with van der Waals surface area (Å²) in [6.45, 7) is 1.23. The zero-order valence-corrected chi connectivity index (χ0v) is 19.1. The smallest absolute Gasteiger partial charge is 0.224 e. The fourth-order valence-electron chi connectivity index (χ4n) is 4.32. The maximum absolute atomic E-state index is 12.8. The van der Waals surface area contributed by atoms with Crippen molar-refractivity contribution in [2.75, 3.05) is 18.8 Å².